The van der Waals surface area contributed by atoms with Crippen LogP contribution in [0.15, 0.2) is 53.1 Å². The van der Waals surface area contributed by atoms with Gasteiger partial charge in [0.1, 0.15) is 10.6 Å². The van der Waals surface area contributed by atoms with Crippen molar-refractivity contribution in [2.24, 2.45) is 0 Å². The van der Waals surface area contributed by atoms with Gasteiger partial charge in [0.15, 0.2) is 16.6 Å². The number of halogens is 1. The van der Waals surface area contributed by atoms with Crippen molar-refractivity contribution in [1.82, 2.24) is 14.8 Å². The molecule has 0 aliphatic heterocycles. The number of methoxy groups -OCH3 is 1. The number of aromatic nitrogens is 3. The summed E-state index contributed by atoms with van der Waals surface area (Å²) in [5, 5.41) is 7.91. The van der Waals surface area contributed by atoms with E-state index in [0.29, 0.717) is 32.7 Å². The molecule has 1 aromatic carbocycles. The van der Waals surface area contributed by atoms with Gasteiger partial charge in [-0.05, 0) is 37.3 Å². The zero-order chi connectivity index (χ0) is 21.3. The van der Waals surface area contributed by atoms with Crippen LogP contribution < -0.4 is 5.32 Å². The number of rotatable bonds is 5. The molecule has 10 heteroatoms. The Labute approximate surface area is 180 Å². The van der Waals surface area contributed by atoms with Crippen molar-refractivity contribution in [2.75, 3.05) is 12.4 Å². The van der Waals surface area contributed by atoms with Gasteiger partial charge in [0.2, 0.25) is 0 Å². The van der Waals surface area contributed by atoms with Gasteiger partial charge in [0.05, 0.1) is 24.8 Å². The Kier molecular flexibility index (Phi) is 5.39. The van der Waals surface area contributed by atoms with E-state index in [1.54, 1.807) is 48.0 Å². The molecule has 0 aliphatic carbocycles. The monoisotopic (exact) mass is 442 g/mol. The second kappa shape index (κ2) is 8.13. The quantitative estimate of drug-likeness (QED) is 0.454. The third-order valence-electron chi connectivity index (χ3n) is 4.16. The number of nitrogens with one attached hydrogen (secondary N) is 1. The molecule has 0 spiro atoms. The van der Waals surface area contributed by atoms with Gasteiger partial charge in [-0.1, -0.05) is 29.0 Å². The first kappa shape index (κ1) is 19.9. The third kappa shape index (κ3) is 3.85. The molecule has 0 aliphatic rings. The van der Waals surface area contributed by atoms with Gasteiger partial charge in [-0.25, -0.2) is 14.5 Å². The molecule has 0 saturated carbocycles. The summed E-state index contributed by atoms with van der Waals surface area (Å²) in [6, 6.07) is 12.2. The molecule has 1 amide bonds. The van der Waals surface area contributed by atoms with Crippen molar-refractivity contribution in [2.45, 2.75) is 6.92 Å². The molecule has 0 unspecified atom stereocenters. The lowest BCUT2D eigenvalue weighted by Gasteiger charge is -2.05. The highest BCUT2D eigenvalue weighted by Gasteiger charge is 2.21. The van der Waals surface area contributed by atoms with E-state index in [-0.39, 0.29) is 10.8 Å². The lowest BCUT2D eigenvalue weighted by molar-refractivity contribution is 0.0605. The molecule has 30 heavy (non-hydrogen) atoms. The number of hydrogen-bond acceptors (Lipinski definition) is 7. The Hall–Kier alpha value is -3.43. The van der Waals surface area contributed by atoms with Gasteiger partial charge in [-0.15, -0.1) is 0 Å². The molecule has 0 radical (unpaired) electrons. The molecule has 8 nitrogen and oxygen atoms in total. The molecule has 0 fully saturated rings. The molecule has 4 aromatic rings. The molecule has 152 valence electrons. The van der Waals surface area contributed by atoms with Crippen LogP contribution in [0.5, 0.6) is 0 Å². The molecule has 0 bridgehead atoms. The number of carbonyl (C=O) groups excluding carboxylic acids is 2. The highest BCUT2D eigenvalue weighted by molar-refractivity contribution is 7.17. The highest BCUT2D eigenvalue weighted by Crippen LogP contribution is 2.27. The Balaban J connectivity index is 1.69. The topological polar surface area (TPSA) is 99.2 Å². The van der Waals surface area contributed by atoms with Crippen LogP contribution in [0.1, 0.15) is 25.9 Å². The van der Waals surface area contributed by atoms with Gasteiger partial charge in [-0.2, -0.15) is 5.10 Å². The Morgan fingerprint density at radius 2 is 2.07 bits per heavy atom. The molecular weight excluding hydrogens is 428 g/mol. The Morgan fingerprint density at radius 3 is 2.77 bits per heavy atom. The van der Waals surface area contributed by atoms with Gasteiger partial charge in [-0.3, -0.25) is 10.1 Å². The van der Waals surface area contributed by atoms with E-state index in [1.807, 2.05) is 6.07 Å². The van der Waals surface area contributed by atoms with E-state index in [2.05, 4.69) is 15.4 Å². The summed E-state index contributed by atoms with van der Waals surface area (Å²) in [6.45, 7) is 1.67. The number of aryl methyl sites for hydroxylation is 1. The van der Waals surface area contributed by atoms with Crippen molar-refractivity contribution >= 4 is 39.9 Å². The van der Waals surface area contributed by atoms with Gasteiger partial charge in [0.25, 0.3) is 5.91 Å². The molecule has 0 atom stereocenters. The van der Waals surface area contributed by atoms with Crippen LogP contribution in [0.4, 0.5) is 5.13 Å². The maximum Gasteiger partial charge on any atom is 0.350 e. The van der Waals surface area contributed by atoms with Crippen molar-refractivity contribution < 1.29 is 18.7 Å². The van der Waals surface area contributed by atoms with E-state index in [0.717, 1.165) is 11.3 Å². The predicted molar refractivity (Wildman–Crippen MR) is 112 cm³/mol. The molecular formula is C20H15ClN4O4S. The van der Waals surface area contributed by atoms with Crippen LogP contribution in [-0.2, 0) is 4.74 Å². The Morgan fingerprint density at radius 1 is 1.23 bits per heavy atom. The van der Waals surface area contributed by atoms with E-state index < -0.39 is 11.9 Å². The van der Waals surface area contributed by atoms with Crippen molar-refractivity contribution in [3.63, 3.8) is 0 Å². The van der Waals surface area contributed by atoms with E-state index >= 15 is 0 Å². The molecule has 4 rings (SSSR count). The summed E-state index contributed by atoms with van der Waals surface area (Å²) in [5.41, 5.74) is 1.88. The number of nitrogens with zero attached hydrogens (tertiary/aromatic N) is 3. The lowest BCUT2D eigenvalue weighted by atomic mass is 10.2. The first-order valence-corrected chi connectivity index (χ1v) is 9.92. The maximum absolute atomic E-state index is 12.8. The number of hydrogen-bond donors (Lipinski definition) is 1. The third-order valence-corrected chi connectivity index (χ3v) is 5.44. The first-order valence-electron chi connectivity index (χ1n) is 8.73. The summed E-state index contributed by atoms with van der Waals surface area (Å²) in [6.07, 6.45) is 1.54. The van der Waals surface area contributed by atoms with E-state index in [4.69, 9.17) is 20.8 Å². The van der Waals surface area contributed by atoms with Gasteiger partial charge < -0.3 is 9.15 Å². The zero-order valence-electron chi connectivity index (χ0n) is 15.9. The van der Waals surface area contributed by atoms with Crippen LogP contribution in [0.3, 0.4) is 0 Å². The number of esters is 1. The van der Waals surface area contributed by atoms with Crippen LogP contribution in [-0.4, -0.2) is 33.8 Å². The largest absolute Gasteiger partial charge is 0.465 e. The number of anilines is 1. The lowest BCUT2D eigenvalue weighted by Crippen LogP contribution is -2.13. The van der Waals surface area contributed by atoms with Crippen LogP contribution in [0.25, 0.3) is 17.1 Å². The normalized spacial score (nSPS) is 10.8. The SMILES string of the molecule is COC(=O)c1sc(NC(=O)c2cc(-c3ccco3)n(-c3cccc(Cl)c3)n2)nc1C. The first-order chi connectivity index (χ1) is 14.5. The van der Waals surface area contributed by atoms with Crippen molar-refractivity contribution in [1.29, 1.82) is 0 Å². The molecule has 0 saturated heterocycles. The average molecular weight is 443 g/mol. The number of furan rings is 1. The second-order valence-electron chi connectivity index (χ2n) is 6.16. The maximum atomic E-state index is 12.8. The van der Waals surface area contributed by atoms with Gasteiger partial charge in [0, 0.05) is 11.1 Å². The van der Waals surface area contributed by atoms with Gasteiger partial charge >= 0.3 is 5.97 Å². The van der Waals surface area contributed by atoms with Crippen LogP contribution in [0, 0.1) is 6.92 Å². The predicted octanol–water partition coefficient (Wildman–Crippen LogP) is 4.59. The smallest absolute Gasteiger partial charge is 0.350 e. The van der Waals surface area contributed by atoms with Crippen LogP contribution in [0.2, 0.25) is 5.02 Å². The van der Waals surface area contributed by atoms with Crippen molar-refractivity contribution in [3.05, 3.63) is 70.0 Å². The highest BCUT2D eigenvalue weighted by atomic mass is 35.5. The summed E-state index contributed by atoms with van der Waals surface area (Å²) in [7, 11) is 1.29. The zero-order valence-corrected chi connectivity index (χ0v) is 17.5. The minimum absolute atomic E-state index is 0.147. The molecule has 3 heterocycles. The minimum Gasteiger partial charge on any atom is -0.465 e. The minimum atomic E-state index is -0.504. The summed E-state index contributed by atoms with van der Waals surface area (Å²) >= 11 is 7.15. The molecule has 3 aromatic heterocycles. The number of benzene rings is 1. The second-order valence-corrected chi connectivity index (χ2v) is 7.60. The fraction of sp³-hybridized carbons (Fsp3) is 0.100. The van der Waals surface area contributed by atoms with Crippen LogP contribution >= 0.6 is 22.9 Å². The average Bonchev–Trinajstić information content (AvgIpc) is 3.46. The fourth-order valence-corrected chi connectivity index (χ4v) is 3.85. The van der Waals surface area contributed by atoms with Crippen molar-refractivity contribution in [3.8, 4) is 17.1 Å². The fourth-order valence-electron chi connectivity index (χ4n) is 2.79. The number of thiazole rings is 1. The number of carbonyl (C=O) groups is 2. The summed E-state index contributed by atoms with van der Waals surface area (Å²) < 4.78 is 11.8. The molecule has 1 N–H and O–H groups in total. The number of ether oxygens (including phenoxy) is 1. The standard InChI is InChI=1S/C20H15ClN4O4S/c1-11-17(19(27)28-2)30-20(22-11)23-18(26)14-10-15(16-7-4-8-29-16)25(24-14)13-6-3-5-12(21)9-13/h3-10H,1-2H3,(H,22,23,26). The van der Waals surface area contributed by atoms with E-state index in [9.17, 15) is 9.59 Å². The summed E-state index contributed by atoms with van der Waals surface area (Å²) in [5.74, 6) is -0.441. The summed E-state index contributed by atoms with van der Waals surface area (Å²) in [4.78, 5) is 29.1. The van der Waals surface area contributed by atoms with E-state index in [1.165, 1.54) is 13.4 Å². The Bertz CT molecular complexity index is 1230. The number of amides is 1.